The van der Waals surface area contributed by atoms with Crippen LogP contribution in [-0.4, -0.2) is 60.8 Å². The van der Waals surface area contributed by atoms with Crippen molar-refractivity contribution in [1.29, 1.82) is 0 Å². The fourth-order valence-corrected chi connectivity index (χ4v) is 6.38. The molecule has 1 unspecified atom stereocenters. The second-order valence-corrected chi connectivity index (χ2v) is 13.2. The molecule has 1 aliphatic heterocycles. The van der Waals surface area contributed by atoms with Gasteiger partial charge in [-0.05, 0) is 93.0 Å². The number of ether oxygens (including phenoxy) is 3. The van der Waals surface area contributed by atoms with Crippen molar-refractivity contribution in [3.05, 3.63) is 71.3 Å². The number of hydrogen-bond acceptors (Lipinski definition) is 5. The molecule has 45 heavy (non-hydrogen) atoms. The molecular formula is C38H52N2O5. The zero-order chi connectivity index (χ0) is 32.6. The van der Waals surface area contributed by atoms with Crippen molar-refractivity contribution in [3.8, 4) is 11.5 Å². The molecule has 0 spiro atoms. The van der Waals surface area contributed by atoms with Gasteiger partial charge in [0.15, 0.2) is 0 Å². The van der Waals surface area contributed by atoms with Crippen molar-refractivity contribution in [1.82, 2.24) is 9.80 Å². The van der Waals surface area contributed by atoms with Crippen LogP contribution in [-0.2, 0) is 11.3 Å². The summed E-state index contributed by atoms with van der Waals surface area (Å²) in [6.07, 6.45) is 6.66. The van der Waals surface area contributed by atoms with Crippen LogP contribution in [0.1, 0.15) is 107 Å². The van der Waals surface area contributed by atoms with Crippen LogP contribution in [0, 0.1) is 0 Å². The number of nitrogens with zero attached hydrogens (tertiary/aromatic N) is 2. The Balaban J connectivity index is 1.69. The lowest BCUT2D eigenvalue weighted by molar-refractivity contribution is 0.0141. The maximum absolute atomic E-state index is 14.4. The van der Waals surface area contributed by atoms with E-state index in [2.05, 4.69) is 32.0 Å². The molecule has 7 heteroatoms. The van der Waals surface area contributed by atoms with E-state index in [0.29, 0.717) is 44.0 Å². The minimum atomic E-state index is -0.558. The van der Waals surface area contributed by atoms with E-state index in [1.807, 2.05) is 62.1 Å². The van der Waals surface area contributed by atoms with Gasteiger partial charge >= 0.3 is 6.09 Å². The van der Waals surface area contributed by atoms with E-state index in [0.717, 1.165) is 53.5 Å². The number of rotatable bonds is 12. The van der Waals surface area contributed by atoms with Gasteiger partial charge in [0.25, 0.3) is 5.91 Å². The first kappa shape index (κ1) is 34.1. The number of unbranched alkanes of at least 4 members (excludes halogenated alkanes) is 1. The summed E-state index contributed by atoms with van der Waals surface area (Å²) in [6.45, 7) is 11.5. The van der Waals surface area contributed by atoms with Gasteiger partial charge in [-0.2, -0.15) is 0 Å². The molecule has 2 amide bonds. The van der Waals surface area contributed by atoms with Crippen LogP contribution in [0.5, 0.6) is 11.5 Å². The predicted octanol–water partition coefficient (Wildman–Crippen LogP) is 8.97. The van der Waals surface area contributed by atoms with Gasteiger partial charge in [0.2, 0.25) is 0 Å². The third kappa shape index (κ3) is 8.71. The van der Waals surface area contributed by atoms with Crippen molar-refractivity contribution in [2.24, 2.45) is 0 Å². The topological polar surface area (TPSA) is 68.3 Å². The molecule has 0 aliphatic carbocycles. The first-order valence-electron chi connectivity index (χ1n) is 16.6. The van der Waals surface area contributed by atoms with Gasteiger partial charge in [0.05, 0.1) is 26.3 Å². The van der Waals surface area contributed by atoms with Crippen LogP contribution in [0.25, 0.3) is 10.8 Å². The number of likely N-dealkylation sites (tertiary alicyclic amines) is 1. The first-order valence-corrected chi connectivity index (χ1v) is 16.6. The van der Waals surface area contributed by atoms with Gasteiger partial charge in [-0.3, -0.25) is 4.79 Å². The smallest absolute Gasteiger partial charge is 0.410 e. The van der Waals surface area contributed by atoms with E-state index >= 15 is 0 Å². The van der Waals surface area contributed by atoms with Crippen LogP contribution < -0.4 is 9.47 Å². The van der Waals surface area contributed by atoms with Crippen molar-refractivity contribution in [2.75, 3.05) is 27.3 Å². The second kappa shape index (κ2) is 15.5. The molecule has 1 saturated heterocycles. The Morgan fingerprint density at radius 2 is 1.53 bits per heavy atom. The number of hydrogen-bond donors (Lipinski definition) is 0. The van der Waals surface area contributed by atoms with Gasteiger partial charge in [-0.25, -0.2) is 4.79 Å². The number of amides is 2. The Morgan fingerprint density at radius 1 is 0.889 bits per heavy atom. The van der Waals surface area contributed by atoms with E-state index in [1.54, 1.807) is 19.1 Å². The van der Waals surface area contributed by atoms with Gasteiger partial charge in [0, 0.05) is 24.7 Å². The second-order valence-electron chi connectivity index (χ2n) is 13.2. The molecular weight excluding hydrogens is 564 g/mol. The lowest BCUT2D eigenvalue weighted by Gasteiger charge is -2.39. The third-order valence-electron chi connectivity index (χ3n) is 8.79. The zero-order valence-corrected chi connectivity index (χ0v) is 28.4. The minimum absolute atomic E-state index is 0.0449. The van der Waals surface area contributed by atoms with Crippen LogP contribution >= 0.6 is 0 Å². The molecule has 0 bridgehead atoms. The lowest BCUT2D eigenvalue weighted by atomic mass is 9.88. The summed E-state index contributed by atoms with van der Waals surface area (Å²) in [4.78, 5) is 30.9. The highest BCUT2D eigenvalue weighted by atomic mass is 16.6. The van der Waals surface area contributed by atoms with Gasteiger partial charge in [0.1, 0.15) is 17.1 Å². The largest absolute Gasteiger partial charge is 0.496 e. The van der Waals surface area contributed by atoms with Crippen LogP contribution in [0.3, 0.4) is 0 Å². The van der Waals surface area contributed by atoms with Crippen molar-refractivity contribution in [2.45, 2.75) is 104 Å². The number of methoxy groups -OCH3 is 2. The zero-order valence-electron chi connectivity index (χ0n) is 28.4. The highest BCUT2D eigenvalue weighted by Gasteiger charge is 2.33. The fraction of sp³-hybridized carbons (Fsp3) is 0.526. The predicted molar refractivity (Wildman–Crippen MR) is 181 cm³/mol. The van der Waals surface area contributed by atoms with E-state index in [4.69, 9.17) is 14.2 Å². The van der Waals surface area contributed by atoms with Gasteiger partial charge in [-0.15, -0.1) is 0 Å². The summed E-state index contributed by atoms with van der Waals surface area (Å²) in [5, 5.41) is 2.12. The monoisotopic (exact) mass is 616 g/mol. The SMILES string of the molecule is CCCCC(CCC)c1cc(OC)c(CN(C(=O)c2ccc3ccccc3c2)C2CCN(C(=O)OC(C)(C)C)CC2)c(OC)c1. The number of carbonyl (C=O) groups excluding carboxylic acids is 2. The highest BCUT2D eigenvalue weighted by Crippen LogP contribution is 2.38. The maximum atomic E-state index is 14.4. The molecule has 3 aromatic rings. The molecule has 244 valence electrons. The Kier molecular flexibility index (Phi) is 11.8. The first-order chi connectivity index (χ1) is 21.6. The molecule has 1 fully saturated rings. The molecule has 1 aliphatic rings. The molecule has 0 N–H and O–H groups in total. The molecule has 1 heterocycles. The third-order valence-corrected chi connectivity index (χ3v) is 8.79. The summed E-state index contributed by atoms with van der Waals surface area (Å²) in [7, 11) is 3.38. The van der Waals surface area contributed by atoms with E-state index in [1.165, 1.54) is 12.0 Å². The van der Waals surface area contributed by atoms with Crippen LogP contribution in [0.4, 0.5) is 4.79 Å². The van der Waals surface area contributed by atoms with E-state index in [9.17, 15) is 9.59 Å². The Hall–Kier alpha value is -3.74. The van der Waals surface area contributed by atoms with Gasteiger partial charge < -0.3 is 24.0 Å². The summed E-state index contributed by atoms with van der Waals surface area (Å²) in [6, 6.07) is 18.2. The molecule has 0 saturated carbocycles. The molecule has 3 aromatic carbocycles. The number of carbonyl (C=O) groups is 2. The molecule has 0 radical (unpaired) electrons. The fourth-order valence-electron chi connectivity index (χ4n) is 6.38. The average molecular weight is 617 g/mol. The Bertz CT molecular complexity index is 1410. The average Bonchev–Trinajstić information content (AvgIpc) is 3.04. The summed E-state index contributed by atoms with van der Waals surface area (Å²) in [5.41, 5.74) is 2.16. The number of piperidine rings is 1. The Morgan fingerprint density at radius 3 is 2.11 bits per heavy atom. The maximum Gasteiger partial charge on any atom is 0.410 e. The molecule has 7 nitrogen and oxygen atoms in total. The number of fused-ring (bicyclic) bond motifs is 1. The highest BCUT2D eigenvalue weighted by molar-refractivity contribution is 5.98. The van der Waals surface area contributed by atoms with Crippen LogP contribution in [0.15, 0.2) is 54.6 Å². The van der Waals surface area contributed by atoms with Gasteiger partial charge in [-0.1, -0.05) is 63.4 Å². The minimum Gasteiger partial charge on any atom is -0.496 e. The Labute approximate surface area is 269 Å². The van der Waals surface area contributed by atoms with Crippen molar-refractivity contribution in [3.63, 3.8) is 0 Å². The van der Waals surface area contributed by atoms with Crippen molar-refractivity contribution >= 4 is 22.8 Å². The van der Waals surface area contributed by atoms with E-state index in [-0.39, 0.29) is 18.0 Å². The van der Waals surface area contributed by atoms with Crippen molar-refractivity contribution < 1.29 is 23.8 Å². The summed E-state index contributed by atoms with van der Waals surface area (Å²) in [5.74, 6) is 1.87. The molecule has 1 atom stereocenters. The lowest BCUT2D eigenvalue weighted by Crippen LogP contribution is -2.49. The normalized spacial score (nSPS) is 14.7. The summed E-state index contributed by atoms with van der Waals surface area (Å²) >= 11 is 0. The molecule has 4 rings (SSSR count). The molecule has 0 aromatic heterocycles. The number of benzene rings is 3. The van der Waals surface area contributed by atoms with E-state index < -0.39 is 5.60 Å². The van der Waals surface area contributed by atoms with Crippen LogP contribution in [0.2, 0.25) is 0 Å². The standard InChI is InChI=1S/C38H52N2O5/c1-8-10-14-27(13-9-2)31-24-34(43-6)33(35(25-31)44-7)26-40(32-19-21-39(22-20-32)37(42)45-38(3,4)5)36(41)30-18-17-28-15-11-12-16-29(28)23-30/h11-12,15-18,23-25,27,32H,8-10,13-14,19-22,26H2,1-7H3. The quantitative estimate of drug-likeness (QED) is 0.203. The summed E-state index contributed by atoms with van der Waals surface area (Å²) < 4.78 is 17.6.